The highest BCUT2D eigenvalue weighted by Gasteiger charge is 2.40. The predicted octanol–water partition coefficient (Wildman–Crippen LogP) is 3.63. The van der Waals surface area contributed by atoms with E-state index in [2.05, 4.69) is 17.2 Å². The summed E-state index contributed by atoms with van der Waals surface area (Å²) in [5.74, 6) is 0. The highest BCUT2D eigenvalue weighted by Crippen LogP contribution is 2.43. The third-order valence-corrected chi connectivity index (χ3v) is 5.10. The average molecular weight is 284 g/mol. The molecule has 0 radical (unpaired) electrons. The molecule has 0 aromatic carbocycles. The first-order chi connectivity index (χ1) is 9.22. The van der Waals surface area contributed by atoms with E-state index in [-0.39, 0.29) is 11.0 Å². The van der Waals surface area contributed by atoms with Crippen LogP contribution in [0.3, 0.4) is 0 Å². The summed E-state index contributed by atoms with van der Waals surface area (Å²) in [6.07, 6.45) is 10.0. The fourth-order valence-electron chi connectivity index (χ4n) is 3.42. The summed E-state index contributed by atoms with van der Waals surface area (Å²) >= 11 is 6.22. The third-order valence-electron chi connectivity index (χ3n) is 4.56. The van der Waals surface area contributed by atoms with Gasteiger partial charge in [-0.05, 0) is 32.1 Å². The zero-order chi connectivity index (χ0) is 13.3. The smallest absolute Gasteiger partial charge is 0.101 e. The van der Waals surface area contributed by atoms with Crippen molar-refractivity contribution in [2.24, 2.45) is 0 Å². The first kappa shape index (κ1) is 13.4. The van der Waals surface area contributed by atoms with Crippen LogP contribution in [0.5, 0.6) is 0 Å². The molecule has 2 atom stereocenters. The lowest BCUT2D eigenvalue weighted by molar-refractivity contribution is -0.0911. The van der Waals surface area contributed by atoms with Gasteiger partial charge in [0.25, 0.3) is 0 Å². The van der Waals surface area contributed by atoms with Crippen LogP contribution < -0.4 is 0 Å². The fourth-order valence-corrected chi connectivity index (χ4v) is 3.52. The van der Waals surface area contributed by atoms with E-state index < -0.39 is 0 Å². The zero-order valence-corrected chi connectivity index (χ0v) is 12.3. The van der Waals surface area contributed by atoms with Crippen LogP contribution in [0, 0.1) is 0 Å². The Morgan fingerprint density at radius 3 is 3.05 bits per heavy atom. The molecule has 2 unspecified atom stereocenters. The molecule has 106 valence electrons. The quantitative estimate of drug-likeness (QED) is 0.795. The summed E-state index contributed by atoms with van der Waals surface area (Å²) in [6, 6.07) is 0.425. The molecule has 0 amide bonds. The van der Waals surface area contributed by atoms with Gasteiger partial charge in [0.2, 0.25) is 0 Å². The van der Waals surface area contributed by atoms with E-state index >= 15 is 0 Å². The number of hydrogen-bond donors (Lipinski definition) is 0. The van der Waals surface area contributed by atoms with E-state index in [4.69, 9.17) is 16.3 Å². The van der Waals surface area contributed by atoms with Gasteiger partial charge in [-0.3, -0.25) is 0 Å². The molecular formula is C14H22ClN3O. The third kappa shape index (κ3) is 2.65. The molecule has 1 saturated heterocycles. The van der Waals surface area contributed by atoms with Crippen molar-refractivity contribution in [1.29, 1.82) is 0 Å². The molecule has 2 aliphatic rings. The maximum atomic E-state index is 6.22. The Hall–Kier alpha value is -0.610. The SMILES string of the molecule is CCC(Cl)c1cn(C2CCOC3(CCCC3)C2)nn1. The Labute approximate surface area is 119 Å². The van der Waals surface area contributed by atoms with Crippen LogP contribution in [0.15, 0.2) is 6.20 Å². The number of ether oxygens (including phenoxy) is 1. The van der Waals surface area contributed by atoms with Crippen molar-refractivity contribution >= 4 is 11.6 Å². The normalized spacial score (nSPS) is 27.8. The molecule has 2 heterocycles. The van der Waals surface area contributed by atoms with Gasteiger partial charge in [-0.2, -0.15) is 0 Å². The van der Waals surface area contributed by atoms with Crippen molar-refractivity contribution in [2.75, 3.05) is 6.61 Å². The minimum Gasteiger partial charge on any atom is -0.375 e. The van der Waals surface area contributed by atoms with Gasteiger partial charge < -0.3 is 4.74 Å². The molecule has 2 fully saturated rings. The lowest BCUT2D eigenvalue weighted by Crippen LogP contribution is -2.38. The topological polar surface area (TPSA) is 39.9 Å². The van der Waals surface area contributed by atoms with Gasteiger partial charge in [-0.15, -0.1) is 16.7 Å². The summed E-state index contributed by atoms with van der Waals surface area (Å²) in [7, 11) is 0. The molecule has 1 aromatic rings. The minimum absolute atomic E-state index is 0.0194. The second-order valence-corrected chi connectivity index (χ2v) is 6.41. The van der Waals surface area contributed by atoms with Gasteiger partial charge in [-0.1, -0.05) is 25.0 Å². The second kappa shape index (κ2) is 5.41. The van der Waals surface area contributed by atoms with Crippen molar-refractivity contribution in [1.82, 2.24) is 15.0 Å². The van der Waals surface area contributed by atoms with Crippen LogP contribution in [-0.4, -0.2) is 27.2 Å². The molecule has 0 N–H and O–H groups in total. The first-order valence-electron chi connectivity index (χ1n) is 7.42. The molecule has 3 rings (SSSR count). The van der Waals surface area contributed by atoms with Gasteiger partial charge in [0, 0.05) is 6.61 Å². The Morgan fingerprint density at radius 1 is 1.53 bits per heavy atom. The maximum Gasteiger partial charge on any atom is 0.101 e. The van der Waals surface area contributed by atoms with Crippen molar-refractivity contribution in [3.05, 3.63) is 11.9 Å². The lowest BCUT2D eigenvalue weighted by Gasteiger charge is -2.38. The second-order valence-electron chi connectivity index (χ2n) is 5.88. The van der Waals surface area contributed by atoms with Crippen molar-refractivity contribution in [2.45, 2.75) is 68.9 Å². The van der Waals surface area contributed by atoms with Gasteiger partial charge in [0.05, 0.1) is 23.2 Å². The van der Waals surface area contributed by atoms with Gasteiger partial charge in [0.15, 0.2) is 0 Å². The molecule has 1 aliphatic carbocycles. The van der Waals surface area contributed by atoms with Gasteiger partial charge in [-0.25, -0.2) is 4.68 Å². The van der Waals surface area contributed by atoms with E-state index in [1.807, 2.05) is 10.9 Å². The summed E-state index contributed by atoms with van der Waals surface area (Å²) in [5.41, 5.74) is 1.02. The van der Waals surface area contributed by atoms with Crippen molar-refractivity contribution in [3.8, 4) is 0 Å². The average Bonchev–Trinajstić information content (AvgIpc) is 3.08. The largest absolute Gasteiger partial charge is 0.375 e. The van der Waals surface area contributed by atoms with E-state index in [0.29, 0.717) is 6.04 Å². The molecule has 1 aliphatic heterocycles. The number of aromatic nitrogens is 3. The van der Waals surface area contributed by atoms with Crippen molar-refractivity contribution < 1.29 is 4.74 Å². The van der Waals surface area contributed by atoms with Gasteiger partial charge in [0.1, 0.15) is 5.69 Å². The Bertz CT molecular complexity index is 428. The van der Waals surface area contributed by atoms with Crippen LogP contribution >= 0.6 is 11.6 Å². The zero-order valence-electron chi connectivity index (χ0n) is 11.5. The van der Waals surface area contributed by atoms with E-state index in [0.717, 1.165) is 31.6 Å². The van der Waals surface area contributed by atoms with E-state index in [1.165, 1.54) is 25.7 Å². The summed E-state index contributed by atoms with van der Waals surface area (Å²) < 4.78 is 8.08. The minimum atomic E-state index is -0.0194. The molecule has 0 bridgehead atoms. The highest BCUT2D eigenvalue weighted by atomic mass is 35.5. The van der Waals surface area contributed by atoms with Crippen LogP contribution in [0.25, 0.3) is 0 Å². The molecular weight excluding hydrogens is 262 g/mol. The Kier molecular flexibility index (Phi) is 3.81. The Morgan fingerprint density at radius 2 is 2.32 bits per heavy atom. The number of halogens is 1. The fraction of sp³-hybridized carbons (Fsp3) is 0.857. The van der Waals surface area contributed by atoms with Crippen LogP contribution in [0.2, 0.25) is 0 Å². The number of rotatable bonds is 3. The van der Waals surface area contributed by atoms with Crippen LogP contribution in [0.4, 0.5) is 0 Å². The lowest BCUT2D eigenvalue weighted by atomic mass is 9.89. The Balaban J connectivity index is 1.73. The van der Waals surface area contributed by atoms with E-state index in [1.54, 1.807) is 0 Å². The predicted molar refractivity (Wildman–Crippen MR) is 74.3 cm³/mol. The van der Waals surface area contributed by atoms with Gasteiger partial charge >= 0.3 is 0 Å². The van der Waals surface area contributed by atoms with E-state index in [9.17, 15) is 0 Å². The van der Waals surface area contributed by atoms with Crippen LogP contribution in [-0.2, 0) is 4.74 Å². The first-order valence-corrected chi connectivity index (χ1v) is 7.86. The molecule has 4 nitrogen and oxygen atoms in total. The molecule has 1 spiro atoms. The van der Waals surface area contributed by atoms with Crippen molar-refractivity contribution in [3.63, 3.8) is 0 Å². The molecule has 1 aromatic heterocycles. The number of nitrogens with zero attached hydrogens (tertiary/aromatic N) is 3. The monoisotopic (exact) mass is 283 g/mol. The molecule has 19 heavy (non-hydrogen) atoms. The van der Waals surface area contributed by atoms with Crippen LogP contribution in [0.1, 0.15) is 69.0 Å². The number of alkyl halides is 1. The standard InChI is InChI=1S/C14H22ClN3O/c1-2-12(15)13-10-18(17-16-13)11-5-8-19-14(9-11)6-3-4-7-14/h10-12H,2-9H2,1H3. The molecule has 5 heteroatoms. The summed E-state index contributed by atoms with van der Waals surface area (Å²) in [6.45, 7) is 2.91. The molecule has 1 saturated carbocycles. The summed E-state index contributed by atoms with van der Waals surface area (Å²) in [5, 5.41) is 8.49. The summed E-state index contributed by atoms with van der Waals surface area (Å²) in [4.78, 5) is 0. The number of hydrogen-bond acceptors (Lipinski definition) is 3. The maximum absolute atomic E-state index is 6.22. The highest BCUT2D eigenvalue weighted by molar-refractivity contribution is 6.20.